The highest BCUT2D eigenvalue weighted by Gasteiger charge is 2.19. The van der Waals surface area contributed by atoms with E-state index in [1.165, 1.54) is 205 Å². The molecule has 0 radical (unpaired) electrons. The monoisotopic (exact) mass is 1100 g/mol. The van der Waals surface area contributed by atoms with Crippen LogP contribution in [0.4, 0.5) is 0 Å². The van der Waals surface area contributed by atoms with Crippen molar-refractivity contribution in [3.63, 3.8) is 0 Å². The Hall–Kier alpha value is -3.15. The molecule has 1 unspecified atom stereocenters. The fraction of sp³-hybridized carbons (Fsp3) is 0.795. The van der Waals surface area contributed by atoms with E-state index < -0.39 is 6.10 Å². The first-order valence-corrected chi connectivity index (χ1v) is 34.4. The largest absolute Gasteiger partial charge is 0.462 e. The smallest absolute Gasteiger partial charge is 0.306 e. The molecule has 79 heavy (non-hydrogen) atoms. The van der Waals surface area contributed by atoms with Gasteiger partial charge in [-0.3, -0.25) is 14.4 Å². The molecule has 0 saturated carbocycles. The van der Waals surface area contributed by atoms with Crippen molar-refractivity contribution < 1.29 is 28.6 Å². The quantitative estimate of drug-likeness (QED) is 0.0261. The highest BCUT2D eigenvalue weighted by molar-refractivity contribution is 5.71. The van der Waals surface area contributed by atoms with Gasteiger partial charge in [-0.25, -0.2) is 0 Å². The van der Waals surface area contributed by atoms with Crippen molar-refractivity contribution >= 4 is 17.9 Å². The number of ether oxygens (including phenoxy) is 3. The van der Waals surface area contributed by atoms with Gasteiger partial charge in [-0.2, -0.15) is 0 Å². The van der Waals surface area contributed by atoms with E-state index in [0.717, 1.165) is 109 Å². The number of hydrogen-bond donors (Lipinski definition) is 0. The molecule has 0 aliphatic carbocycles. The molecule has 0 heterocycles. The van der Waals surface area contributed by atoms with Crippen molar-refractivity contribution in [2.24, 2.45) is 0 Å². The standard InChI is InChI=1S/C73H130O6/c1-4-7-10-13-16-19-22-25-28-31-34-36-38-39-42-45-48-51-54-57-60-63-66-72(75)78-69-70(68-77-71(74)65-62-59-56-53-50-47-44-41-33-30-27-24-21-18-15-12-9-6-3)79-73(76)67-64-61-58-55-52-49-46-43-40-37-35-32-29-26-23-20-17-14-11-8-5-2/h8,11,17,20,26,29-30,33,35,37,43,46,70H,4-7,9-10,12-16,18-19,21-25,27-28,31-32,34,36,38-42,44-45,47-69H2,1-3H3/b11-8-,20-17-,29-26-,33-30-,37-35-,46-43-. The summed E-state index contributed by atoms with van der Waals surface area (Å²) in [6, 6.07) is 0. The summed E-state index contributed by atoms with van der Waals surface area (Å²) in [5, 5.41) is 0. The first kappa shape index (κ1) is 75.8. The van der Waals surface area contributed by atoms with Crippen LogP contribution in [-0.4, -0.2) is 37.2 Å². The van der Waals surface area contributed by atoms with E-state index in [-0.39, 0.29) is 31.1 Å². The lowest BCUT2D eigenvalue weighted by atomic mass is 10.0. The number of carbonyl (C=O) groups is 3. The fourth-order valence-electron chi connectivity index (χ4n) is 10.1. The molecular weight excluding hydrogens is 973 g/mol. The highest BCUT2D eigenvalue weighted by Crippen LogP contribution is 2.18. The molecule has 0 amide bonds. The van der Waals surface area contributed by atoms with E-state index >= 15 is 0 Å². The minimum absolute atomic E-state index is 0.0814. The van der Waals surface area contributed by atoms with E-state index in [1.807, 2.05) is 0 Å². The summed E-state index contributed by atoms with van der Waals surface area (Å²) in [6.45, 7) is 6.56. The number of hydrogen-bond acceptors (Lipinski definition) is 6. The Kier molecular flexibility index (Phi) is 64.7. The highest BCUT2D eigenvalue weighted by atomic mass is 16.6. The molecule has 6 heteroatoms. The van der Waals surface area contributed by atoms with E-state index in [0.29, 0.717) is 19.3 Å². The predicted octanol–water partition coefficient (Wildman–Crippen LogP) is 23.7. The molecule has 0 aromatic rings. The average Bonchev–Trinajstić information content (AvgIpc) is 3.45. The van der Waals surface area contributed by atoms with E-state index in [9.17, 15) is 14.4 Å². The number of allylic oxidation sites excluding steroid dienone is 12. The normalized spacial score (nSPS) is 12.5. The van der Waals surface area contributed by atoms with E-state index in [2.05, 4.69) is 93.7 Å². The summed E-state index contributed by atoms with van der Waals surface area (Å²) in [5.41, 5.74) is 0. The Morgan fingerprint density at radius 3 is 0.785 bits per heavy atom. The van der Waals surface area contributed by atoms with Crippen LogP contribution in [0.3, 0.4) is 0 Å². The first-order valence-electron chi connectivity index (χ1n) is 34.4. The molecule has 0 rings (SSSR count). The SMILES string of the molecule is CC/C=C\C/C=C\C/C=C\C/C=C\C/C=C\CCCCCCCC(=O)OC(COC(=O)CCCCCCCCC/C=C\CCCCCCCCC)COC(=O)CCCCCCCCCCCCCCCCCCCCCCCC. The van der Waals surface area contributed by atoms with Crippen LogP contribution >= 0.6 is 0 Å². The third-order valence-electron chi connectivity index (χ3n) is 15.2. The maximum atomic E-state index is 12.9. The fourth-order valence-corrected chi connectivity index (χ4v) is 10.1. The summed E-state index contributed by atoms with van der Waals surface area (Å²) in [4.78, 5) is 38.4. The minimum Gasteiger partial charge on any atom is -0.462 e. The lowest BCUT2D eigenvalue weighted by Gasteiger charge is -2.18. The van der Waals surface area contributed by atoms with Crippen molar-refractivity contribution in [2.45, 2.75) is 361 Å². The number of carbonyl (C=O) groups excluding carboxylic acids is 3. The van der Waals surface area contributed by atoms with Gasteiger partial charge in [0.2, 0.25) is 0 Å². The molecule has 0 aliphatic heterocycles. The predicted molar refractivity (Wildman–Crippen MR) is 344 cm³/mol. The van der Waals surface area contributed by atoms with Crippen LogP contribution in [0.25, 0.3) is 0 Å². The second kappa shape index (κ2) is 67.4. The van der Waals surface area contributed by atoms with Gasteiger partial charge in [0.05, 0.1) is 0 Å². The lowest BCUT2D eigenvalue weighted by molar-refractivity contribution is -0.167. The van der Waals surface area contributed by atoms with Gasteiger partial charge in [-0.15, -0.1) is 0 Å². The van der Waals surface area contributed by atoms with Crippen LogP contribution < -0.4 is 0 Å². The van der Waals surface area contributed by atoms with Gasteiger partial charge in [0.15, 0.2) is 6.10 Å². The maximum Gasteiger partial charge on any atom is 0.306 e. The molecule has 0 bridgehead atoms. The van der Waals surface area contributed by atoms with Crippen LogP contribution in [0.1, 0.15) is 355 Å². The zero-order valence-electron chi connectivity index (χ0n) is 52.6. The summed E-state index contributed by atoms with van der Waals surface area (Å²) in [6.07, 6.45) is 87.7. The van der Waals surface area contributed by atoms with Gasteiger partial charge in [0.25, 0.3) is 0 Å². The molecular formula is C73H130O6. The molecule has 0 aromatic carbocycles. The molecule has 0 saturated heterocycles. The molecule has 0 aliphatic rings. The van der Waals surface area contributed by atoms with Crippen molar-refractivity contribution in [1.82, 2.24) is 0 Å². The Bertz CT molecular complexity index is 1450. The number of rotatable bonds is 63. The maximum absolute atomic E-state index is 12.9. The van der Waals surface area contributed by atoms with E-state index in [4.69, 9.17) is 14.2 Å². The summed E-state index contributed by atoms with van der Waals surface area (Å²) in [7, 11) is 0. The van der Waals surface area contributed by atoms with Crippen LogP contribution in [0.15, 0.2) is 72.9 Å². The van der Waals surface area contributed by atoms with Gasteiger partial charge in [-0.05, 0) is 89.9 Å². The molecule has 0 spiro atoms. The van der Waals surface area contributed by atoms with Gasteiger partial charge in [0, 0.05) is 19.3 Å². The van der Waals surface area contributed by atoms with Crippen molar-refractivity contribution in [1.29, 1.82) is 0 Å². The van der Waals surface area contributed by atoms with Gasteiger partial charge < -0.3 is 14.2 Å². The Balaban J connectivity index is 4.38. The molecule has 458 valence electrons. The zero-order chi connectivity index (χ0) is 57.1. The second-order valence-electron chi connectivity index (χ2n) is 23.1. The summed E-state index contributed by atoms with van der Waals surface area (Å²) in [5.74, 6) is -0.884. The van der Waals surface area contributed by atoms with E-state index in [1.54, 1.807) is 0 Å². The molecule has 1 atom stereocenters. The van der Waals surface area contributed by atoms with Crippen molar-refractivity contribution in [2.75, 3.05) is 13.2 Å². The third kappa shape index (κ3) is 65.5. The van der Waals surface area contributed by atoms with Crippen LogP contribution in [0, 0.1) is 0 Å². The summed E-state index contributed by atoms with van der Waals surface area (Å²) >= 11 is 0. The first-order chi connectivity index (χ1) is 39.0. The Morgan fingerprint density at radius 2 is 0.494 bits per heavy atom. The van der Waals surface area contributed by atoms with Crippen LogP contribution in [-0.2, 0) is 28.6 Å². The zero-order valence-corrected chi connectivity index (χ0v) is 52.6. The average molecular weight is 1100 g/mol. The minimum atomic E-state index is -0.788. The number of esters is 3. The topological polar surface area (TPSA) is 78.9 Å². The van der Waals surface area contributed by atoms with Crippen molar-refractivity contribution in [3.8, 4) is 0 Å². The van der Waals surface area contributed by atoms with Gasteiger partial charge in [-0.1, -0.05) is 318 Å². The lowest BCUT2D eigenvalue weighted by Crippen LogP contribution is -2.30. The second-order valence-corrected chi connectivity index (χ2v) is 23.1. The molecule has 0 N–H and O–H groups in total. The Morgan fingerprint density at radius 1 is 0.266 bits per heavy atom. The third-order valence-corrected chi connectivity index (χ3v) is 15.2. The number of unbranched alkanes of at least 4 members (excludes halogenated alkanes) is 40. The van der Waals surface area contributed by atoms with Gasteiger partial charge in [0.1, 0.15) is 13.2 Å². The van der Waals surface area contributed by atoms with Crippen molar-refractivity contribution in [3.05, 3.63) is 72.9 Å². The van der Waals surface area contributed by atoms with Crippen LogP contribution in [0.2, 0.25) is 0 Å². The van der Waals surface area contributed by atoms with Crippen LogP contribution in [0.5, 0.6) is 0 Å². The van der Waals surface area contributed by atoms with Gasteiger partial charge >= 0.3 is 17.9 Å². The Labute approximate surface area is 491 Å². The summed E-state index contributed by atoms with van der Waals surface area (Å²) < 4.78 is 17.0. The molecule has 6 nitrogen and oxygen atoms in total. The molecule has 0 aromatic heterocycles. The molecule has 0 fully saturated rings.